The Labute approximate surface area is 56.9 Å². The predicted octanol–water partition coefficient (Wildman–Crippen LogP) is 1.89. The molecule has 0 aromatic rings. The predicted molar refractivity (Wildman–Crippen MR) is 45.5 cm³/mol. The van der Waals surface area contributed by atoms with Crippen molar-refractivity contribution in [3.05, 3.63) is 0 Å². The van der Waals surface area contributed by atoms with Crippen LogP contribution in [0.25, 0.3) is 0 Å². The van der Waals surface area contributed by atoms with Crippen LogP contribution in [0, 0.1) is 0 Å². The molecule has 8 heavy (non-hydrogen) atoms. The number of hydrogen-bond donors (Lipinski definition) is 0. The van der Waals surface area contributed by atoms with Gasteiger partial charge in [0, 0.05) is 11.6 Å². The van der Waals surface area contributed by atoms with Crippen LogP contribution in [0.5, 0.6) is 0 Å². The topological polar surface area (TPSA) is 12.4 Å². The lowest BCUT2D eigenvalue weighted by Crippen LogP contribution is -2.16. The number of rotatable bonds is 2. The molecular formula is C5H11NSSi. The first kappa shape index (κ1) is 7.98. The van der Waals surface area contributed by atoms with Crippen molar-refractivity contribution in [2.75, 3.05) is 0 Å². The van der Waals surface area contributed by atoms with Gasteiger partial charge in [-0.05, 0) is 19.6 Å². The molecular weight excluding hydrogens is 134 g/mol. The fourth-order valence-corrected chi connectivity index (χ4v) is 0.945. The Kier molecular flexibility index (Phi) is 3.08. The quantitative estimate of drug-likeness (QED) is 0.328. The zero-order valence-electron chi connectivity index (χ0n) is 5.51. The lowest BCUT2D eigenvalue weighted by atomic mass is 10.9. The molecule has 0 fully saturated rings. The molecule has 3 heteroatoms. The molecule has 0 aromatic heterocycles. The van der Waals surface area contributed by atoms with Crippen LogP contribution in [0.3, 0.4) is 0 Å². The molecule has 0 unspecified atom stereocenters. The van der Waals surface area contributed by atoms with Gasteiger partial charge in [0.2, 0.25) is 0 Å². The summed E-state index contributed by atoms with van der Waals surface area (Å²) in [6.45, 7) is 6.51. The summed E-state index contributed by atoms with van der Waals surface area (Å²) in [5.41, 5.74) is 0. The van der Waals surface area contributed by atoms with Crippen LogP contribution in [-0.4, -0.2) is 19.8 Å². The molecule has 0 saturated carbocycles. The minimum Gasteiger partial charge on any atom is -0.329 e. The van der Waals surface area contributed by atoms with Crippen molar-refractivity contribution in [1.82, 2.24) is 0 Å². The van der Waals surface area contributed by atoms with E-state index >= 15 is 0 Å². The molecule has 0 saturated heterocycles. The normalized spacial score (nSPS) is 12.4. The molecule has 46 valence electrons. The highest BCUT2D eigenvalue weighted by Gasteiger charge is 2.07. The number of thiocarbonyl (C=S) groups is 1. The van der Waals surface area contributed by atoms with Crippen molar-refractivity contribution in [1.29, 1.82) is 0 Å². The smallest absolute Gasteiger partial charge is 0.172 e. The third kappa shape index (κ3) is 5.98. The number of hydrogen-bond acceptors (Lipinski definition) is 2. The Morgan fingerprint density at radius 2 is 1.88 bits per heavy atom. The Balaban J connectivity index is 3.69. The van der Waals surface area contributed by atoms with Crippen LogP contribution < -0.4 is 0 Å². The third-order valence-corrected chi connectivity index (χ3v) is 1.57. The SMILES string of the molecule is C[Si](C)(C)N=CC=S. The maximum Gasteiger partial charge on any atom is 0.172 e. The van der Waals surface area contributed by atoms with Gasteiger partial charge in [-0.2, -0.15) is 0 Å². The molecule has 0 bridgehead atoms. The summed E-state index contributed by atoms with van der Waals surface area (Å²) >= 11 is 4.57. The van der Waals surface area contributed by atoms with Crippen LogP contribution in [-0.2, 0) is 0 Å². The molecule has 0 atom stereocenters. The molecule has 1 nitrogen and oxygen atoms in total. The fraction of sp³-hybridized carbons (Fsp3) is 0.600. The van der Waals surface area contributed by atoms with E-state index in [4.69, 9.17) is 0 Å². The molecule has 0 radical (unpaired) electrons. The van der Waals surface area contributed by atoms with Gasteiger partial charge in [0.05, 0.1) is 0 Å². The minimum atomic E-state index is -1.21. The first-order valence-electron chi connectivity index (χ1n) is 2.55. The van der Waals surface area contributed by atoms with E-state index in [1.807, 2.05) is 0 Å². The Hall–Kier alpha value is -0.0231. The average molecular weight is 145 g/mol. The Morgan fingerprint density at radius 3 is 2.00 bits per heavy atom. The molecule has 0 aliphatic rings. The van der Waals surface area contributed by atoms with Gasteiger partial charge in [-0.1, -0.05) is 12.2 Å². The summed E-state index contributed by atoms with van der Waals surface area (Å²) < 4.78 is 4.23. The highest BCUT2D eigenvalue weighted by molar-refractivity contribution is 7.80. The van der Waals surface area contributed by atoms with Crippen LogP contribution in [0.15, 0.2) is 4.66 Å². The van der Waals surface area contributed by atoms with E-state index < -0.39 is 8.24 Å². The second-order valence-electron chi connectivity index (χ2n) is 2.59. The van der Waals surface area contributed by atoms with E-state index in [9.17, 15) is 0 Å². The molecule has 0 aliphatic heterocycles. The van der Waals surface area contributed by atoms with Crippen molar-refractivity contribution in [2.45, 2.75) is 19.6 Å². The van der Waals surface area contributed by atoms with E-state index in [1.165, 1.54) is 0 Å². The molecule has 0 aliphatic carbocycles. The summed E-state index contributed by atoms with van der Waals surface area (Å²) in [5, 5.41) is 1.55. The standard InChI is InChI=1S/C5H11NSSi/c1-8(2,3)6-4-5-7/h4-5H,1-3H3. The maximum absolute atomic E-state index is 4.57. The van der Waals surface area contributed by atoms with Crippen LogP contribution in [0.4, 0.5) is 0 Å². The van der Waals surface area contributed by atoms with Crippen molar-refractivity contribution in [3.8, 4) is 0 Å². The van der Waals surface area contributed by atoms with Gasteiger partial charge in [0.15, 0.2) is 8.24 Å². The minimum absolute atomic E-state index is 1.21. The first-order valence-corrected chi connectivity index (χ1v) is 6.47. The van der Waals surface area contributed by atoms with Crippen molar-refractivity contribution in [2.24, 2.45) is 4.66 Å². The van der Waals surface area contributed by atoms with E-state index in [2.05, 4.69) is 36.5 Å². The van der Waals surface area contributed by atoms with E-state index in [0.717, 1.165) is 0 Å². The lowest BCUT2D eigenvalue weighted by molar-refractivity contribution is 1.59. The summed E-state index contributed by atoms with van der Waals surface area (Å²) in [7, 11) is -1.21. The van der Waals surface area contributed by atoms with E-state index in [-0.39, 0.29) is 0 Å². The van der Waals surface area contributed by atoms with Crippen molar-refractivity contribution in [3.63, 3.8) is 0 Å². The summed E-state index contributed by atoms with van der Waals surface area (Å²) in [6, 6.07) is 0. The van der Waals surface area contributed by atoms with Gasteiger partial charge in [-0.3, -0.25) is 0 Å². The largest absolute Gasteiger partial charge is 0.329 e. The highest BCUT2D eigenvalue weighted by atomic mass is 32.1. The van der Waals surface area contributed by atoms with Crippen molar-refractivity contribution >= 4 is 32.0 Å². The molecule has 0 amide bonds. The van der Waals surface area contributed by atoms with Gasteiger partial charge < -0.3 is 4.66 Å². The molecule has 0 aromatic carbocycles. The second kappa shape index (κ2) is 3.09. The van der Waals surface area contributed by atoms with Crippen LogP contribution >= 0.6 is 12.2 Å². The Bertz CT molecular complexity index is 103. The highest BCUT2D eigenvalue weighted by Crippen LogP contribution is 1.98. The number of nitrogens with zero attached hydrogens (tertiary/aromatic N) is 1. The zero-order valence-corrected chi connectivity index (χ0v) is 7.33. The van der Waals surface area contributed by atoms with Gasteiger partial charge in [0.1, 0.15) is 0 Å². The van der Waals surface area contributed by atoms with Crippen LogP contribution in [0.2, 0.25) is 19.6 Å². The molecule has 0 rings (SSSR count). The van der Waals surface area contributed by atoms with Crippen LogP contribution in [0.1, 0.15) is 0 Å². The van der Waals surface area contributed by atoms with E-state index in [0.29, 0.717) is 0 Å². The zero-order chi connectivity index (χ0) is 6.62. The van der Waals surface area contributed by atoms with Crippen molar-refractivity contribution < 1.29 is 0 Å². The second-order valence-corrected chi connectivity index (χ2v) is 7.46. The first-order chi connectivity index (χ1) is 3.56. The molecule has 0 heterocycles. The third-order valence-electron chi connectivity index (χ3n) is 0.523. The van der Waals surface area contributed by atoms with Gasteiger partial charge >= 0.3 is 0 Å². The van der Waals surface area contributed by atoms with Gasteiger partial charge in [-0.25, -0.2) is 0 Å². The van der Waals surface area contributed by atoms with E-state index in [1.54, 1.807) is 11.6 Å². The molecule has 0 N–H and O–H groups in total. The summed E-state index contributed by atoms with van der Waals surface area (Å²) in [5.74, 6) is 0. The van der Waals surface area contributed by atoms with Gasteiger partial charge in [-0.15, -0.1) is 0 Å². The lowest BCUT2D eigenvalue weighted by Gasteiger charge is -2.05. The van der Waals surface area contributed by atoms with Gasteiger partial charge in [0.25, 0.3) is 0 Å². The summed E-state index contributed by atoms with van der Waals surface area (Å²) in [4.78, 5) is 0. The monoisotopic (exact) mass is 145 g/mol. The Morgan fingerprint density at radius 1 is 1.38 bits per heavy atom. The molecule has 0 spiro atoms. The maximum atomic E-state index is 4.57. The summed E-state index contributed by atoms with van der Waals surface area (Å²) in [6.07, 6.45) is 1.71. The average Bonchev–Trinajstić information content (AvgIpc) is 1.59. The fourth-order valence-electron chi connectivity index (χ4n) is 0.254.